The summed E-state index contributed by atoms with van der Waals surface area (Å²) in [5.74, 6) is -0.193. The van der Waals surface area contributed by atoms with Crippen LogP contribution in [-0.2, 0) is 6.54 Å². The van der Waals surface area contributed by atoms with Gasteiger partial charge in [-0.05, 0) is 32.4 Å². The Morgan fingerprint density at radius 3 is 2.58 bits per heavy atom. The first-order chi connectivity index (χ1) is 10.8. The largest absolute Gasteiger partial charge is 0.441 e. The molecule has 0 spiro atoms. The quantitative estimate of drug-likeness (QED) is 0.832. The number of nitrogens with zero attached hydrogens (tertiary/aromatic N) is 2. The molecule has 0 fully saturated rings. The lowest BCUT2D eigenvalue weighted by Crippen LogP contribution is -2.42. The average molecular weight is 354 g/mol. The summed E-state index contributed by atoms with van der Waals surface area (Å²) < 4.78 is 6.03. The van der Waals surface area contributed by atoms with Gasteiger partial charge in [0.25, 0.3) is 0 Å². The molecule has 1 aromatic heterocycles. The molecule has 0 amide bonds. The normalized spacial score (nSPS) is 13.0. The van der Waals surface area contributed by atoms with Crippen LogP contribution in [-0.4, -0.2) is 33.0 Å². The maximum atomic E-state index is 11.8. The van der Waals surface area contributed by atoms with Gasteiger partial charge in [-0.15, -0.1) is 12.4 Å². The second-order valence-corrected chi connectivity index (χ2v) is 6.45. The minimum absolute atomic E-state index is 0. The second kappa shape index (κ2) is 8.82. The zero-order valence-electron chi connectivity index (χ0n) is 14.1. The van der Waals surface area contributed by atoms with Crippen molar-refractivity contribution in [3.8, 4) is 0 Å². The molecule has 0 saturated carbocycles. The standard InChI is InChI=1S/C17H23N3O3.ClH/c1-17(2,3)18-11-14(21)12-20-15(19-23-16(20)22)10-9-13-7-5-4-6-8-13;/h4-10,14,18,21H,11-12H2,1-3H3;1H/b10-9+;. The van der Waals surface area contributed by atoms with Gasteiger partial charge in [-0.2, -0.15) is 0 Å². The molecule has 6 nitrogen and oxygen atoms in total. The summed E-state index contributed by atoms with van der Waals surface area (Å²) in [6, 6.07) is 9.68. The van der Waals surface area contributed by atoms with Crippen LogP contribution in [0.2, 0.25) is 0 Å². The van der Waals surface area contributed by atoms with Crippen molar-refractivity contribution in [2.75, 3.05) is 6.54 Å². The predicted octanol–water partition coefficient (Wildman–Crippen LogP) is 2.18. The number of nitrogens with one attached hydrogen (secondary N) is 1. The Balaban J connectivity index is 0.00000288. The lowest BCUT2D eigenvalue weighted by Gasteiger charge is -2.22. The Bertz CT molecular complexity index is 702. The van der Waals surface area contributed by atoms with Crippen LogP contribution in [0.3, 0.4) is 0 Å². The molecule has 1 aromatic carbocycles. The molecule has 2 aromatic rings. The third kappa shape index (κ3) is 6.31. The zero-order valence-corrected chi connectivity index (χ0v) is 14.9. The minimum Gasteiger partial charge on any atom is -0.390 e. The topological polar surface area (TPSA) is 80.3 Å². The van der Waals surface area contributed by atoms with E-state index in [1.54, 1.807) is 6.08 Å². The summed E-state index contributed by atoms with van der Waals surface area (Å²) in [6.07, 6.45) is 2.83. The van der Waals surface area contributed by atoms with E-state index in [0.29, 0.717) is 12.4 Å². The van der Waals surface area contributed by atoms with E-state index in [4.69, 9.17) is 4.52 Å². The molecule has 0 aliphatic rings. The molecule has 7 heteroatoms. The average Bonchev–Trinajstić information content (AvgIpc) is 2.84. The summed E-state index contributed by atoms with van der Waals surface area (Å²) in [5, 5.41) is 17.0. The van der Waals surface area contributed by atoms with Crippen LogP contribution in [0.1, 0.15) is 32.2 Å². The van der Waals surface area contributed by atoms with Crippen LogP contribution in [0.4, 0.5) is 0 Å². The minimum atomic E-state index is -0.713. The SMILES string of the molecule is CC(C)(C)NCC(O)Cn1c(/C=C/c2ccccc2)noc1=O.Cl. The van der Waals surface area contributed by atoms with Gasteiger partial charge < -0.3 is 10.4 Å². The van der Waals surface area contributed by atoms with Gasteiger partial charge in [0.05, 0.1) is 12.6 Å². The maximum Gasteiger partial charge on any atom is 0.441 e. The van der Waals surface area contributed by atoms with E-state index in [9.17, 15) is 9.90 Å². The Morgan fingerprint density at radius 2 is 1.96 bits per heavy atom. The summed E-state index contributed by atoms with van der Waals surface area (Å²) in [5.41, 5.74) is 0.890. The smallest absolute Gasteiger partial charge is 0.390 e. The third-order valence-corrected chi connectivity index (χ3v) is 3.20. The molecule has 0 radical (unpaired) electrons. The van der Waals surface area contributed by atoms with E-state index in [1.165, 1.54) is 4.57 Å². The lowest BCUT2D eigenvalue weighted by molar-refractivity contribution is 0.139. The zero-order chi connectivity index (χ0) is 16.9. The molecule has 1 unspecified atom stereocenters. The molecule has 1 atom stereocenters. The molecule has 132 valence electrons. The van der Waals surface area contributed by atoms with E-state index in [2.05, 4.69) is 10.5 Å². The third-order valence-electron chi connectivity index (χ3n) is 3.20. The molecule has 24 heavy (non-hydrogen) atoms. The van der Waals surface area contributed by atoms with Gasteiger partial charge >= 0.3 is 5.76 Å². The fraction of sp³-hybridized carbons (Fsp3) is 0.412. The van der Waals surface area contributed by atoms with Crippen LogP contribution in [0.25, 0.3) is 12.2 Å². The molecule has 0 aliphatic carbocycles. The van der Waals surface area contributed by atoms with Crippen molar-refractivity contribution in [1.29, 1.82) is 0 Å². The van der Waals surface area contributed by atoms with E-state index < -0.39 is 11.9 Å². The van der Waals surface area contributed by atoms with Crippen molar-refractivity contribution in [3.63, 3.8) is 0 Å². The highest BCUT2D eigenvalue weighted by molar-refractivity contribution is 5.85. The van der Waals surface area contributed by atoms with E-state index in [0.717, 1.165) is 5.56 Å². The second-order valence-electron chi connectivity index (χ2n) is 6.45. The van der Waals surface area contributed by atoms with Crippen molar-refractivity contribution in [2.45, 2.75) is 39.0 Å². The van der Waals surface area contributed by atoms with Crippen molar-refractivity contribution < 1.29 is 9.63 Å². The first-order valence-corrected chi connectivity index (χ1v) is 7.58. The van der Waals surface area contributed by atoms with Gasteiger partial charge in [0.1, 0.15) is 0 Å². The van der Waals surface area contributed by atoms with Crippen LogP contribution in [0, 0.1) is 0 Å². The van der Waals surface area contributed by atoms with E-state index in [1.807, 2.05) is 57.2 Å². The number of aromatic nitrogens is 2. The number of β-amino-alcohol motifs (C(OH)–C–C–N with tert-alkyl or cyclic N) is 1. The number of rotatable bonds is 6. The first kappa shape index (κ1) is 20.2. The highest BCUT2D eigenvalue weighted by Crippen LogP contribution is 2.06. The highest BCUT2D eigenvalue weighted by Gasteiger charge is 2.16. The van der Waals surface area contributed by atoms with Gasteiger partial charge in [0.2, 0.25) is 0 Å². The fourth-order valence-corrected chi connectivity index (χ4v) is 2.00. The van der Waals surface area contributed by atoms with Gasteiger partial charge in [0, 0.05) is 12.1 Å². The number of hydrogen-bond donors (Lipinski definition) is 2. The molecular weight excluding hydrogens is 330 g/mol. The maximum absolute atomic E-state index is 11.8. The first-order valence-electron chi connectivity index (χ1n) is 7.58. The molecule has 2 rings (SSSR count). The van der Waals surface area contributed by atoms with Crippen LogP contribution in [0.5, 0.6) is 0 Å². The number of aliphatic hydroxyl groups is 1. The van der Waals surface area contributed by atoms with Crippen LogP contribution >= 0.6 is 12.4 Å². The molecule has 1 heterocycles. The number of hydrogen-bond acceptors (Lipinski definition) is 5. The Morgan fingerprint density at radius 1 is 1.29 bits per heavy atom. The van der Waals surface area contributed by atoms with Gasteiger partial charge in [-0.3, -0.25) is 9.09 Å². The lowest BCUT2D eigenvalue weighted by atomic mass is 10.1. The van der Waals surface area contributed by atoms with Crippen LogP contribution in [0.15, 0.2) is 39.6 Å². The van der Waals surface area contributed by atoms with Crippen molar-refractivity contribution in [3.05, 3.63) is 52.3 Å². The summed E-state index contributed by atoms with van der Waals surface area (Å²) in [7, 11) is 0. The van der Waals surface area contributed by atoms with Gasteiger partial charge in [-0.1, -0.05) is 41.6 Å². The fourth-order valence-electron chi connectivity index (χ4n) is 2.00. The number of halogens is 1. The Kier molecular flexibility index (Phi) is 7.41. The molecule has 0 saturated heterocycles. The molecule has 0 aliphatic heterocycles. The van der Waals surface area contributed by atoms with E-state index >= 15 is 0 Å². The molecule has 2 N–H and O–H groups in total. The monoisotopic (exact) mass is 353 g/mol. The molecular formula is C17H24ClN3O3. The molecule has 0 bridgehead atoms. The number of benzene rings is 1. The van der Waals surface area contributed by atoms with Crippen molar-refractivity contribution in [2.24, 2.45) is 0 Å². The number of aliphatic hydroxyl groups excluding tert-OH is 1. The Hall–Kier alpha value is -1.89. The summed E-state index contributed by atoms with van der Waals surface area (Å²) in [4.78, 5) is 11.8. The Labute approximate surface area is 147 Å². The van der Waals surface area contributed by atoms with Crippen LogP contribution < -0.4 is 11.1 Å². The summed E-state index contributed by atoms with van der Waals surface area (Å²) in [6.45, 7) is 6.54. The van der Waals surface area contributed by atoms with Gasteiger partial charge in [-0.25, -0.2) is 4.79 Å². The predicted molar refractivity (Wildman–Crippen MR) is 97.1 cm³/mol. The van der Waals surface area contributed by atoms with Gasteiger partial charge in [0.15, 0.2) is 5.82 Å². The van der Waals surface area contributed by atoms with E-state index in [-0.39, 0.29) is 24.5 Å². The highest BCUT2D eigenvalue weighted by atomic mass is 35.5. The van der Waals surface area contributed by atoms with Crippen molar-refractivity contribution in [1.82, 2.24) is 15.0 Å². The van der Waals surface area contributed by atoms with Crippen molar-refractivity contribution >= 4 is 24.6 Å². The summed E-state index contributed by atoms with van der Waals surface area (Å²) >= 11 is 0.